The lowest BCUT2D eigenvalue weighted by Gasteiger charge is -2.30. The van der Waals surface area contributed by atoms with Gasteiger partial charge in [-0.05, 0) is 38.4 Å². The summed E-state index contributed by atoms with van der Waals surface area (Å²) in [5, 5.41) is 12.8. The zero-order valence-corrected chi connectivity index (χ0v) is 10.1. The first kappa shape index (κ1) is 12.2. The van der Waals surface area contributed by atoms with Crippen LogP contribution < -0.4 is 5.32 Å². The average molecular weight is 207 g/mol. The van der Waals surface area contributed by atoms with Crippen molar-refractivity contribution >= 4 is 0 Å². The Morgan fingerprint density at radius 1 is 1.33 bits per heavy atom. The first-order chi connectivity index (χ1) is 7.03. The summed E-state index contributed by atoms with van der Waals surface area (Å²) in [6.45, 7) is 9.23. The summed E-state index contributed by atoms with van der Waals surface area (Å²) >= 11 is 0. The number of aryl methyl sites for hydroxylation is 2. The first-order valence-corrected chi connectivity index (χ1v) is 5.47. The number of rotatable bonds is 4. The fourth-order valence-electron chi connectivity index (χ4n) is 2.06. The molecule has 0 bridgehead atoms. The molecule has 0 radical (unpaired) electrons. The van der Waals surface area contributed by atoms with Crippen LogP contribution in [0.15, 0.2) is 18.2 Å². The highest BCUT2D eigenvalue weighted by atomic mass is 16.3. The fourth-order valence-corrected chi connectivity index (χ4v) is 2.06. The van der Waals surface area contributed by atoms with Crippen molar-refractivity contribution in [1.29, 1.82) is 0 Å². The molecule has 0 aliphatic rings. The minimum Gasteiger partial charge on any atom is -0.394 e. The maximum absolute atomic E-state index is 9.50. The number of aliphatic hydroxyl groups is 1. The highest BCUT2D eigenvalue weighted by Crippen LogP contribution is 2.24. The molecule has 1 rings (SSSR count). The standard InChI is InChI=1S/C13H21NO/c1-5-14-13(4,9-15)12-7-6-10(2)8-11(12)3/h6-8,14-15H,5,9H2,1-4H3. The second-order valence-electron chi connectivity index (χ2n) is 4.34. The second-order valence-corrected chi connectivity index (χ2v) is 4.34. The van der Waals surface area contributed by atoms with Gasteiger partial charge in [-0.2, -0.15) is 0 Å². The van der Waals surface area contributed by atoms with E-state index in [1.807, 2.05) is 6.92 Å². The van der Waals surface area contributed by atoms with Crippen molar-refractivity contribution in [1.82, 2.24) is 5.32 Å². The highest BCUT2D eigenvalue weighted by molar-refractivity contribution is 5.35. The summed E-state index contributed by atoms with van der Waals surface area (Å²) < 4.78 is 0. The zero-order chi connectivity index (χ0) is 11.5. The SMILES string of the molecule is CCNC(C)(CO)c1ccc(C)cc1C. The Kier molecular flexibility index (Phi) is 3.89. The van der Waals surface area contributed by atoms with Gasteiger partial charge in [-0.1, -0.05) is 30.7 Å². The molecule has 1 aromatic carbocycles. The third-order valence-electron chi connectivity index (χ3n) is 2.86. The van der Waals surface area contributed by atoms with Crippen molar-refractivity contribution in [3.8, 4) is 0 Å². The molecule has 2 heteroatoms. The van der Waals surface area contributed by atoms with E-state index in [-0.39, 0.29) is 12.1 Å². The van der Waals surface area contributed by atoms with Crippen LogP contribution in [-0.4, -0.2) is 18.3 Å². The van der Waals surface area contributed by atoms with E-state index < -0.39 is 0 Å². The van der Waals surface area contributed by atoms with E-state index in [1.165, 1.54) is 16.7 Å². The van der Waals surface area contributed by atoms with E-state index in [0.717, 1.165) is 6.54 Å². The van der Waals surface area contributed by atoms with E-state index >= 15 is 0 Å². The zero-order valence-electron chi connectivity index (χ0n) is 10.1. The van der Waals surface area contributed by atoms with Gasteiger partial charge in [0.15, 0.2) is 0 Å². The molecule has 84 valence electrons. The maximum atomic E-state index is 9.50. The molecule has 0 aromatic heterocycles. The van der Waals surface area contributed by atoms with E-state index in [1.54, 1.807) is 0 Å². The van der Waals surface area contributed by atoms with Crippen LogP contribution in [0.3, 0.4) is 0 Å². The van der Waals surface area contributed by atoms with Gasteiger partial charge in [-0.3, -0.25) is 0 Å². The molecule has 1 atom stereocenters. The van der Waals surface area contributed by atoms with Gasteiger partial charge >= 0.3 is 0 Å². The quantitative estimate of drug-likeness (QED) is 0.792. The summed E-state index contributed by atoms with van der Waals surface area (Å²) in [5.74, 6) is 0. The van der Waals surface area contributed by atoms with Gasteiger partial charge in [0.05, 0.1) is 12.1 Å². The van der Waals surface area contributed by atoms with Gasteiger partial charge in [0, 0.05) is 0 Å². The average Bonchev–Trinajstić information content (AvgIpc) is 2.17. The normalized spacial score (nSPS) is 15.0. The molecule has 15 heavy (non-hydrogen) atoms. The van der Waals surface area contributed by atoms with Gasteiger partial charge in [0.1, 0.15) is 0 Å². The third-order valence-corrected chi connectivity index (χ3v) is 2.86. The summed E-state index contributed by atoms with van der Waals surface area (Å²) in [6.07, 6.45) is 0. The molecular weight excluding hydrogens is 186 g/mol. The summed E-state index contributed by atoms with van der Waals surface area (Å²) in [5.41, 5.74) is 3.34. The van der Waals surface area contributed by atoms with Crippen molar-refractivity contribution in [2.75, 3.05) is 13.2 Å². The van der Waals surface area contributed by atoms with Gasteiger partial charge in [0.25, 0.3) is 0 Å². The Bertz CT molecular complexity index is 335. The van der Waals surface area contributed by atoms with Crippen LogP contribution in [0, 0.1) is 13.8 Å². The maximum Gasteiger partial charge on any atom is 0.0652 e. The number of nitrogens with one attached hydrogen (secondary N) is 1. The molecule has 2 N–H and O–H groups in total. The van der Waals surface area contributed by atoms with E-state index in [0.29, 0.717) is 0 Å². The topological polar surface area (TPSA) is 32.3 Å². The Morgan fingerprint density at radius 2 is 2.00 bits per heavy atom. The highest BCUT2D eigenvalue weighted by Gasteiger charge is 2.25. The van der Waals surface area contributed by atoms with E-state index in [4.69, 9.17) is 0 Å². The second kappa shape index (κ2) is 4.77. The van der Waals surface area contributed by atoms with Gasteiger partial charge in [0.2, 0.25) is 0 Å². The molecule has 0 saturated heterocycles. The number of likely N-dealkylation sites (N-methyl/N-ethyl adjacent to an activating group) is 1. The predicted molar refractivity (Wildman–Crippen MR) is 64.0 cm³/mol. The molecule has 0 heterocycles. The van der Waals surface area contributed by atoms with Crippen LogP contribution in [0.25, 0.3) is 0 Å². The molecular formula is C13H21NO. The Morgan fingerprint density at radius 3 is 2.47 bits per heavy atom. The smallest absolute Gasteiger partial charge is 0.0652 e. The first-order valence-electron chi connectivity index (χ1n) is 5.47. The monoisotopic (exact) mass is 207 g/mol. The molecule has 0 aliphatic heterocycles. The molecule has 0 spiro atoms. The molecule has 0 saturated carbocycles. The lowest BCUT2D eigenvalue weighted by molar-refractivity contribution is 0.176. The number of aliphatic hydroxyl groups excluding tert-OH is 1. The van der Waals surface area contributed by atoms with Crippen LogP contribution in [-0.2, 0) is 5.54 Å². The predicted octanol–water partition coefficient (Wildman–Crippen LogP) is 2.12. The summed E-state index contributed by atoms with van der Waals surface area (Å²) in [7, 11) is 0. The van der Waals surface area contributed by atoms with Crippen molar-refractivity contribution in [2.24, 2.45) is 0 Å². The van der Waals surface area contributed by atoms with Gasteiger partial charge in [-0.15, -0.1) is 0 Å². The Labute approximate surface area is 92.3 Å². The number of hydrogen-bond acceptors (Lipinski definition) is 2. The summed E-state index contributed by atoms with van der Waals surface area (Å²) in [4.78, 5) is 0. The van der Waals surface area contributed by atoms with E-state index in [9.17, 15) is 5.11 Å². The third kappa shape index (κ3) is 2.58. The minimum atomic E-state index is -0.327. The number of benzene rings is 1. The van der Waals surface area contributed by atoms with Crippen molar-refractivity contribution < 1.29 is 5.11 Å². The minimum absolute atomic E-state index is 0.116. The largest absolute Gasteiger partial charge is 0.394 e. The molecule has 0 fully saturated rings. The molecule has 1 unspecified atom stereocenters. The van der Waals surface area contributed by atoms with Crippen molar-refractivity contribution in [3.05, 3.63) is 34.9 Å². The van der Waals surface area contributed by atoms with Crippen molar-refractivity contribution in [3.63, 3.8) is 0 Å². The molecule has 1 aromatic rings. The van der Waals surface area contributed by atoms with Crippen LogP contribution in [0.4, 0.5) is 0 Å². The molecule has 2 nitrogen and oxygen atoms in total. The van der Waals surface area contributed by atoms with Crippen molar-refractivity contribution in [2.45, 2.75) is 33.2 Å². The Balaban J connectivity index is 3.12. The van der Waals surface area contributed by atoms with Crippen LogP contribution in [0.5, 0.6) is 0 Å². The van der Waals surface area contributed by atoms with Crippen LogP contribution >= 0.6 is 0 Å². The van der Waals surface area contributed by atoms with Gasteiger partial charge in [-0.25, -0.2) is 0 Å². The van der Waals surface area contributed by atoms with Gasteiger partial charge < -0.3 is 10.4 Å². The number of hydrogen-bond donors (Lipinski definition) is 2. The van der Waals surface area contributed by atoms with Crippen LogP contribution in [0.2, 0.25) is 0 Å². The molecule has 0 amide bonds. The lowest BCUT2D eigenvalue weighted by atomic mass is 9.88. The fraction of sp³-hybridized carbons (Fsp3) is 0.538. The Hall–Kier alpha value is -0.860. The van der Waals surface area contributed by atoms with E-state index in [2.05, 4.69) is 44.3 Å². The molecule has 0 aliphatic carbocycles. The summed E-state index contributed by atoms with van der Waals surface area (Å²) in [6, 6.07) is 6.34. The van der Waals surface area contributed by atoms with Crippen LogP contribution in [0.1, 0.15) is 30.5 Å². The lowest BCUT2D eigenvalue weighted by Crippen LogP contribution is -2.43.